The molecule has 0 amide bonds. The Balaban J connectivity index is 3.42. The van der Waals surface area contributed by atoms with Crippen LogP contribution < -0.4 is 8.37 Å². The first-order valence-electron chi connectivity index (χ1n) is 4.92. The molecule has 1 rings (SSSR count). The smallest absolute Gasteiger partial charge is 0.306 e. The molecule has 0 fully saturated rings. The Morgan fingerprint density at radius 2 is 1.32 bits per heavy atom. The van der Waals surface area contributed by atoms with Gasteiger partial charge in [-0.15, -0.1) is 0 Å². The van der Waals surface area contributed by atoms with Crippen LogP contribution in [-0.2, 0) is 20.2 Å². The lowest BCUT2D eigenvalue weighted by atomic mass is 10.1. The second kappa shape index (κ2) is 5.17. The van der Waals surface area contributed by atoms with Crippen molar-refractivity contribution in [2.24, 2.45) is 0 Å². The van der Waals surface area contributed by atoms with Crippen LogP contribution in [0.2, 0.25) is 0 Å². The van der Waals surface area contributed by atoms with Crippen molar-refractivity contribution in [2.45, 2.75) is 6.92 Å². The first-order valence-corrected chi connectivity index (χ1v) is 8.56. The zero-order valence-electron chi connectivity index (χ0n) is 10.4. The highest BCUT2D eigenvalue weighted by Crippen LogP contribution is 2.30. The number of hydrogen-bond donors (Lipinski definition) is 0. The summed E-state index contributed by atoms with van der Waals surface area (Å²) in [5.74, 6) is -1.15. The number of carbonyl (C=O) groups is 1. The maximum atomic E-state index is 11.5. The van der Waals surface area contributed by atoms with E-state index >= 15 is 0 Å². The lowest BCUT2D eigenvalue weighted by Crippen LogP contribution is -2.12. The standard InChI is InChI=1S/C10H12O7S2/c1-7(11)10-8(16-18(2,12)13)5-4-6-9(10)17-19(3,14)15/h4-6H,1-3H3. The largest absolute Gasteiger partial charge is 0.382 e. The number of ketones is 1. The number of hydrogen-bond acceptors (Lipinski definition) is 7. The van der Waals surface area contributed by atoms with Crippen molar-refractivity contribution in [1.29, 1.82) is 0 Å². The highest BCUT2D eigenvalue weighted by molar-refractivity contribution is 7.86. The Morgan fingerprint density at radius 3 is 1.58 bits per heavy atom. The number of carbonyl (C=O) groups excluding carboxylic acids is 1. The summed E-state index contributed by atoms with van der Waals surface area (Å²) in [6, 6.07) is 3.77. The molecule has 0 heterocycles. The molecular formula is C10H12O7S2. The third kappa shape index (κ3) is 4.87. The predicted octanol–water partition coefficient (Wildman–Crippen LogP) is 0.566. The molecule has 0 aliphatic rings. The van der Waals surface area contributed by atoms with Crippen molar-refractivity contribution >= 4 is 26.0 Å². The topological polar surface area (TPSA) is 104 Å². The SMILES string of the molecule is CC(=O)c1c(OS(C)(=O)=O)cccc1OS(C)(=O)=O. The van der Waals surface area contributed by atoms with E-state index in [1.807, 2.05) is 0 Å². The van der Waals surface area contributed by atoms with Gasteiger partial charge in [-0.1, -0.05) is 6.07 Å². The minimum atomic E-state index is -3.85. The second-order valence-electron chi connectivity index (χ2n) is 3.76. The van der Waals surface area contributed by atoms with Crippen molar-refractivity contribution < 1.29 is 30.0 Å². The molecule has 0 aliphatic carbocycles. The Hall–Kier alpha value is -1.61. The van der Waals surface area contributed by atoms with Gasteiger partial charge >= 0.3 is 20.2 Å². The second-order valence-corrected chi connectivity index (χ2v) is 6.91. The van der Waals surface area contributed by atoms with Crippen molar-refractivity contribution in [2.75, 3.05) is 12.5 Å². The van der Waals surface area contributed by atoms with Crippen LogP contribution in [0.25, 0.3) is 0 Å². The van der Waals surface area contributed by atoms with E-state index in [1.54, 1.807) is 0 Å². The Bertz CT molecular complexity index is 649. The van der Waals surface area contributed by atoms with E-state index in [-0.39, 0.29) is 17.1 Å². The average molecular weight is 308 g/mol. The minimum Gasteiger partial charge on any atom is -0.382 e. The van der Waals surface area contributed by atoms with Crippen LogP contribution in [0.3, 0.4) is 0 Å². The molecule has 0 saturated heterocycles. The molecule has 0 atom stereocenters. The zero-order valence-corrected chi connectivity index (χ0v) is 12.0. The highest BCUT2D eigenvalue weighted by atomic mass is 32.2. The van der Waals surface area contributed by atoms with Gasteiger partial charge in [0.05, 0.1) is 12.5 Å². The van der Waals surface area contributed by atoms with Gasteiger partial charge in [0.1, 0.15) is 5.56 Å². The maximum Gasteiger partial charge on any atom is 0.306 e. The summed E-state index contributed by atoms with van der Waals surface area (Å²) in [6.07, 6.45) is 1.61. The summed E-state index contributed by atoms with van der Waals surface area (Å²) in [5, 5.41) is 0. The fourth-order valence-corrected chi connectivity index (χ4v) is 2.25. The summed E-state index contributed by atoms with van der Waals surface area (Å²) < 4.78 is 53.6. The van der Waals surface area contributed by atoms with Gasteiger partial charge in [-0.25, -0.2) is 0 Å². The first-order chi connectivity index (χ1) is 8.49. The van der Waals surface area contributed by atoms with Crippen LogP contribution in [0, 0.1) is 0 Å². The Morgan fingerprint density at radius 1 is 0.947 bits per heavy atom. The van der Waals surface area contributed by atoms with Gasteiger partial charge in [0.25, 0.3) is 0 Å². The Labute approximate surface area is 111 Å². The fourth-order valence-electron chi connectivity index (χ4n) is 1.32. The van der Waals surface area contributed by atoms with Crippen LogP contribution in [-0.4, -0.2) is 35.1 Å². The molecule has 0 saturated carbocycles. The van der Waals surface area contributed by atoms with Gasteiger partial charge in [-0.05, 0) is 19.1 Å². The van der Waals surface area contributed by atoms with E-state index in [1.165, 1.54) is 18.2 Å². The normalized spacial score (nSPS) is 11.9. The summed E-state index contributed by atoms with van der Waals surface area (Å²) in [4.78, 5) is 11.5. The molecule has 7 nitrogen and oxygen atoms in total. The van der Waals surface area contributed by atoms with Crippen LogP contribution in [0.4, 0.5) is 0 Å². The third-order valence-corrected chi connectivity index (χ3v) is 2.79. The zero-order chi connectivity index (χ0) is 14.8. The highest BCUT2D eigenvalue weighted by Gasteiger charge is 2.20. The predicted molar refractivity (Wildman–Crippen MR) is 67.4 cm³/mol. The van der Waals surface area contributed by atoms with Crippen LogP contribution >= 0.6 is 0 Å². The molecule has 1 aromatic rings. The molecule has 0 unspecified atom stereocenters. The third-order valence-electron chi connectivity index (χ3n) is 1.82. The van der Waals surface area contributed by atoms with E-state index < -0.39 is 26.0 Å². The lowest BCUT2D eigenvalue weighted by molar-refractivity contribution is 0.101. The van der Waals surface area contributed by atoms with E-state index in [4.69, 9.17) is 0 Å². The molecule has 0 N–H and O–H groups in total. The van der Waals surface area contributed by atoms with Crippen LogP contribution in [0.5, 0.6) is 11.5 Å². The number of rotatable bonds is 5. The molecule has 0 bridgehead atoms. The molecule has 1 aromatic carbocycles. The Kier molecular flexibility index (Phi) is 4.21. The van der Waals surface area contributed by atoms with Crippen molar-refractivity contribution in [3.63, 3.8) is 0 Å². The van der Waals surface area contributed by atoms with Gasteiger partial charge in [-0.2, -0.15) is 16.8 Å². The molecule has 0 aromatic heterocycles. The summed E-state index contributed by atoms with van der Waals surface area (Å²) in [7, 11) is -7.70. The van der Waals surface area contributed by atoms with Gasteiger partial charge in [0, 0.05) is 0 Å². The lowest BCUT2D eigenvalue weighted by Gasteiger charge is -2.11. The van der Waals surface area contributed by atoms with Gasteiger partial charge in [-0.3, -0.25) is 4.79 Å². The summed E-state index contributed by atoms with van der Waals surface area (Å²) in [6.45, 7) is 1.14. The maximum absolute atomic E-state index is 11.5. The van der Waals surface area contributed by atoms with Crippen LogP contribution in [0.15, 0.2) is 18.2 Å². The molecule has 0 radical (unpaired) electrons. The number of Topliss-reactive ketones (excluding diaryl/α,β-unsaturated/α-hetero) is 1. The van der Waals surface area contributed by atoms with Gasteiger partial charge < -0.3 is 8.37 Å². The molecule has 0 aliphatic heterocycles. The van der Waals surface area contributed by atoms with E-state index in [0.717, 1.165) is 19.4 Å². The van der Waals surface area contributed by atoms with Gasteiger partial charge in [0.15, 0.2) is 17.3 Å². The minimum absolute atomic E-state index is 0.252. The van der Waals surface area contributed by atoms with Gasteiger partial charge in [0.2, 0.25) is 0 Å². The molecule has 0 spiro atoms. The first kappa shape index (κ1) is 15.4. The van der Waals surface area contributed by atoms with Crippen molar-refractivity contribution in [1.82, 2.24) is 0 Å². The molecule has 106 valence electrons. The van der Waals surface area contributed by atoms with Crippen LogP contribution in [0.1, 0.15) is 17.3 Å². The van der Waals surface area contributed by atoms with Crippen molar-refractivity contribution in [3.8, 4) is 11.5 Å². The van der Waals surface area contributed by atoms with Crippen molar-refractivity contribution in [3.05, 3.63) is 23.8 Å². The monoisotopic (exact) mass is 308 g/mol. The summed E-state index contributed by atoms with van der Waals surface area (Å²) >= 11 is 0. The summed E-state index contributed by atoms with van der Waals surface area (Å²) in [5.41, 5.74) is -0.252. The molecule has 19 heavy (non-hydrogen) atoms. The number of benzene rings is 1. The van der Waals surface area contributed by atoms with E-state index in [0.29, 0.717) is 0 Å². The molecule has 9 heteroatoms. The quantitative estimate of drug-likeness (QED) is 0.578. The average Bonchev–Trinajstić information content (AvgIpc) is 2.11. The fraction of sp³-hybridized carbons (Fsp3) is 0.300. The van der Waals surface area contributed by atoms with E-state index in [9.17, 15) is 21.6 Å². The molecular weight excluding hydrogens is 296 g/mol. The van der Waals surface area contributed by atoms with E-state index in [2.05, 4.69) is 8.37 Å².